The number of sulfone groups is 1. The van der Waals surface area contributed by atoms with Gasteiger partial charge in [0.1, 0.15) is 0 Å². The molecule has 0 saturated carbocycles. The molecule has 0 aliphatic heterocycles. The van der Waals surface area contributed by atoms with Gasteiger partial charge >= 0.3 is 5.76 Å². The minimum Gasteiger partial charge on any atom is -0.321 e. The Labute approximate surface area is 134 Å². The van der Waals surface area contributed by atoms with Crippen LogP contribution in [0.3, 0.4) is 0 Å². The summed E-state index contributed by atoms with van der Waals surface area (Å²) in [6, 6.07) is 11.3. The van der Waals surface area contributed by atoms with Crippen molar-refractivity contribution in [3.05, 3.63) is 58.6 Å². The highest BCUT2D eigenvalue weighted by atomic mass is 79.9. The predicted octanol–water partition coefficient (Wildman–Crippen LogP) is 3.70. The van der Waals surface area contributed by atoms with E-state index in [0.29, 0.717) is 10.2 Å². The van der Waals surface area contributed by atoms with Crippen LogP contribution in [0.4, 0.5) is 14.5 Å². The largest absolute Gasteiger partial charge is 0.341 e. The van der Waals surface area contributed by atoms with Gasteiger partial charge < -0.3 is 5.32 Å². The van der Waals surface area contributed by atoms with E-state index in [0.717, 1.165) is 12.1 Å². The number of rotatable bonds is 4. The molecule has 2 aromatic carbocycles. The number of alkyl halides is 2. The van der Waals surface area contributed by atoms with Crippen LogP contribution in [0.15, 0.2) is 57.9 Å². The van der Waals surface area contributed by atoms with E-state index in [1.54, 1.807) is 24.3 Å². The van der Waals surface area contributed by atoms with E-state index in [-0.39, 0.29) is 5.56 Å². The van der Waals surface area contributed by atoms with E-state index in [4.69, 9.17) is 0 Å². The Kier molecular flexibility index (Phi) is 4.92. The van der Waals surface area contributed by atoms with Crippen molar-refractivity contribution in [3.63, 3.8) is 0 Å². The van der Waals surface area contributed by atoms with Crippen LogP contribution in [0.5, 0.6) is 0 Å². The van der Waals surface area contributed by atoms with Crippen LogP contribution in [0.25, 0.3) is 0 Å². The monoisotopic (exact) mass is 389 g/mol. The van der Waals surface area contributed by atoms with Crippen LogP contribution < -0.4 is 5.32 Å². The molecule has 0 radical (unpaired) electrons. The second-order valence-electron chi connectivity index (χ2n) is 4.26. The number of carbonyl (C=O) groups excluding carboxylic acids is 1. The van der Waals surface area contributed by atoms with Crippen LogP contribution in [-0.4, -0.2) is 20.1 Å². The maximum Gasteiger partial charge on any atom is 0.341 e. The fraction of sp³-hybridized carbons (Fsp3) is 0.0714. The molecule has 8 heteroatoms. The molecule has 0 spiro atoms. The molecule has 0 saturated heterocycles. The number of halogens is 3. The van der Waals surface area contributed by atoms with E-state index in [2.05, 4.69) is 21.2 Å². The number of para-hydroxylation sites is 1. The molecule has 0 bridgehead atoms. The maximum absolute atomic E-state index is 12.4. The summed E-state index contributed by atoms with van der Waals surface area (Å²) in [6.07, 6.45) is 0. The highest BCUT2D eigenvalue weighted by molar-refractivity contribution is 9.10. The van der Waals surface area contributed by atoms with Crippen LogP contribution >= 0.6 is 15.9 Å². The van der Waals surface area contributed by atoms with Crippen molar-refractivity contribution < 1.29 is 22.0 Å². The molecule has 1 amide bonds. The van der Waals surface area contributed by atoms with E-state index >= 15 is 0 Å². The Morgan fingerprint density at radius 3 is 2.18 bits per heavy atom. The standard InChI is InChI=1S/C14H10BrF2NO3S/c15-11-3-1-2-4-12(11)18-13(19)9-5-7-10(8-6-9)22(20,21)14(16)17/h1-8,14H,(H,18,19). The van der Waals surface area contributed by atoms with Gasteiger partial charge in [-0.15, -0.1) is 0 Å². The fourth-order valence-corrected chi connectivity index (χ4v) is 2.76. The van der Waals surface area contributed by atoms with E-state index in [9.17, 15) is 22.0 Å². The van der Waals surface area contributed by atoms with Gasteiger partial charge in [-0.1, -0.05) is 12.1 Å². The predicted molar refractivity (Wildman–Crippen MR) is 81.7 cm³/mol. The van der Waals surface area contributed by atoms with E-state index in [1.165, 1.54) is 12.1 Å². The zero-order valence-corrected chi connectivity index (χ0v) is 13.4. The summed E-state index contributed by atoms with van der Waals surface area (Å²) in [4.78, 5) is 11.5. The van der Waals surface area contributed by atoms with Crippen molar-refractivity contribution in [2.45, 2.75) is 10.7 Å². The minimum atomic E-state index is -4.66. The topological polar surface area (TPSA) is 63.2 Å². The smallest absolute Gasteiger partial charge is 0.321 e. The molecule has 0 fully saturated rings. The molecule has 4 nitrogen and oxygen atoms in total. The van der Waals surface area contributed by atoms with Gasteiger partial charge in [0.25, 0.3) is 5.91 Å². The fourth-order valence-electron chi connectivity index (χ4n) is 1.66. The van der Waals surface area contributed by atoms with Crippen LogP contribution in [0.1, 0.15) is 10.4 Å². The first-order valence-corrected chi connectivity index (χ1v) is 8.34. The van der Waals surface area contributed by atoms with Gasteiger partial charge in [-0.3, -0.25) is 4.79 Å². The summed E-state index contributed by atoms with van der Waals surface area (Å²) in [6.45, 7) is 0. The van der Waals surface area contributed by atoms with Crippen molar-refractivity contribution in [2.75, 3.05) is 5.32 Å². The second-order valence-corrected chi connectivity index (χ2v) is 7.04. The van der Waals surface area contributed by atoms with Gasteiger partial charge in [0, 0.05) is 10.0 Å². The molecular weight excluding hydrogens is 380 g/mol. The van der Waals surface area contributed by atoms with Gasteiger partial charge in [-0.25, -0.2) is 8.42 Å². The first kappa shape index (κ1) is 16.6. The Bertz CT molecular complexity index is 792. The molecule has 0 aliphatic rings. The quantitative estimate of drug-likeness (QED) is 0.866. The zero-order valence-electron chi connectivity index (χ0n) is 11.0. The highest BCUT2D eigenvalue weighted by Crippen LogP contribution is 2.23. The van der Waals surface area contributed by atoms with Crippen molar-refractivity contribution in [1.29, 1.82) is 0 Å². The zero-order chi connectivity index (χ0) is 16.3. The van der Waals surface area contributed by atoms with Crippen molar-refractivity contribution in [1.82, 2.24) is 0 Å². The Morgan fingerprint density at radius 2 is 1.64 bits per heavy atom. The summed E-state index contributed by atoms with van der Waals surface area (Å²) in [7, 11) is -4.66. The SMILES string of the molecule is O=C(Nc1ccccc1Br)c1ccc(S(=O)(=O)C(F)F)cc1. The van der Waals surface area contributed by atoms with Crippen molar-refractivity contribution in [2.24, 2.45) is 0 Å². The molecule has 22 heavy (non-hydrogen) atoms. The van der Waals surface area contributed by atoms with Gasteiger partial charge in [0.15, 0.2) is 0 Å². The van der Waals surface area contributed by atoms with E-state index in [1.807, 2.05) is 0 Å². The minimum absolute atomic E-state index is 0.156. The lowest BCUT2D eigenvalue weighted by Gasteiger charge is -2.08. The normalized spacial score (nSPS) is 11.5. The van der Waals surface area contributed by atoms with Crippen LogP contribution in [0.2, 0.25) is 0 Å². The van der Waals surface area contributed by atoms with Gasteiger partial charge in [-0.05, 0) is 52.3 Å². The molecule has 2 rings (SSSR count). The first-order valence-electron chi connectivity index (χ1n) is 6.00. The summed E-state index contributed by atoms with van der Waals surface area (Å²) >= 11 is 3.27. The third-order valence-corrected chi connectivity index (χ3v) is 4.89. The Balaban J connectivity index is 2.21. The van der Waals surface area contributed by atoms with Crippen LogP contribution in [-0.2, 0) is 9.84 Å². The third-order valence-electron chi connectivity index (χ3n) is 2.80. The Morgan fingerprint density at radius 1 is 1.05 bits per heavy atom. The summed E-state index contributed by atoms with van der Waals surface area (Å²) in [5.74, 6) is -3.97. The third kappa shape index (κ3) is 3.50. The number of hydrogen-bond donors (Lipinski definition) is 1. The number of nitrogens with one attached hydrogen (secondary N) is 1. The summed E-state index contributed by atoms with van der Waals surface area (Å²) < 4.78 is 48.1. The van der Waals surface area contributed by atoms with Gasteiger partial charge in [0.05, 0.1) is 10.6 Å². The number of hydrogen-bond acceptors (Lipinski definition) is 3. The second kappa shape index (κ2) is 6.53. The number of amides is 1. The van der Waals surface area contributed by atoms with Crippen molar-refractivity contribution >= 4 is 37.4 Å². The van der Waals surface area contributed by atoms with Gasteiger partial charge in [0.2, 0.25) is 9.84 Å². The number of carbonyl (C=O) groups is 1. The Hall–Kier alpha value is -1.80. The molecule has 116 valence electrons. The van der Waals surface area contributed by atoms with Gasteiger partial charge in [-0.2, -0.15) is 8.78 Å². The molecule has 1 N–H and O–H groups in total. The molecule has 2 aromatic rings. The lowest BCUT2D eigenvalue weighted by atomic mass is 10.2. The average molecular weight is 390 g/mol. The lowest BCUT2D eigenvalue weighted by molar-refractivity contribution is 0.102. The lowest BCUT2D eigenvalue weighted by Crippen LogP contribution is -2.14. The van der Waals surface area contributed by atoms with Crippen LogP contribution in [0, 0.1) is 0 Å². The van der Waals surface area contributed by atoms with Crippen molar-refractivity contribution in [3.8, 4) is 0 Å². The maximum atomic E-state index is 12.4. The molecular formula is C14H10BrF2NO3S. The molecule has 0 atom stereocenters. The molecule has 0 heterocycles. The molecule has 0 aliphatic carbocycles. The summed E-state index contributed by atoms with van der Waals surface area (Å²) in [5.41, 5.74) is 0.695. The highest BCUT2D eigenvalue weighted by Gasteiger charge is 2.26. The number of benzene rings is 2. The first-order chi connectivity index (χ1) is 10.3. The summed E-state index contributed by atoms with van der Waals surface area (Å²) in [5, 5.41) is 2.62. The molecule has 0 aromatic heterocycles. The molecule has 0 unspecified atom stereocenters. The number of anilines is 1. The van der Waals surface area contributed by atoms with E-state index < -0.39 is 26.4 Å². The average Bonchev–Trinajstić information content (AvgIpc) is 2.49.